The molecule has 0 fully saturated rings. The highest BCUT2D eigenvalue weighted by Gasteiger charge is 2.33. The summed E-state index contributed by atoms with van der Waals surface area (Å²) in [4.78, 5) is 11.6. The normalized spacial score (nSPS) is 10.5. The molecular weight excluding hydrogens is 286 g/mol. The first kappa shape index (κ1) is 16.6. The first-order valence-corrected chi connectivity index (χ1v) is 7.50. The summed E-state index contributed by atoms with van der Waals surface area (Å²) in [5.41, 5.74) is 4.68. The number of nitrogens with one attached hydrogen (secondary N) is 1. The third-order valence-corrected chi connectivity index (χ3v) is 3.97. The smallest absolute Gasteiger partial charge is 0.406 e. The maximum absolute atomic E-state index is 11.6. The molecule has 0 aliphatic heterocycles. The molecule has 0 radical (unpaired) electrons. The van der Waals surface area contributed by atoms with Crippen molar-refractivity contribution in [1.82, 2.24) is 5.32 Å². The highest BCUT2D eigenvalue weighted by Crippen LogP contribution is 2.35. The van der Waals surface area contributed by atoms with Gasteiger partial charge in [0.2, 0.25) is 0 Å². The second-order valence-electron chi connectivity index (χ2n) is 5.27. The summed E-state index contributed by atoms with van der Waals surface area (Å²) in [5, 5.41) is 2.85. The van der Waals surface area contributed by atoms with Gasteiger partial charge in [-0.2, -0.15) is 0 Å². The van der Waals surface area contributed by atoms with Gasteiger partial charge in [-0.3, -0.25) is 0 Å². The van der Waals surface area contributed by atoms with Gasteiger partial charge in [0.05, 0.1) is 7.11 Å². The van der Waals surface area contributed by atoms with Gasteiger partial charge in [-0.15, -0.1) is 5.73 Å². The molecule has 0 spiro atoms. The SMILES string of the molecule is C=C=CCC(CNC(=O)OC)(c1ccccc1)c1ccccc1. The van der Waals surface area contributed by atoms with E-state index in [0.29, 0.717) is 13.0 Å². The quantitative estimate of drug-likeness (QED) is 0.817. The Bertz CT molecular complexity index is 634. The molecule has 3 heteroatoms. The molecule has 3 nitrogen and oxygen atoms in total. The summed E-state index contributed by atoms with van der Waals surface area (Å²) >= 11 is 0. The van der Waals surface area contributed by atoms with E-state index in [1.54, 1.807) is 0 Å². The topological polar surface area (TPSA) is 38.3 Å². The summed E-state index contributed by atoms with van der Waals surface area (Å²) in [7, 11) is 1.37. The van der Waals surface area contributed by atoms with E-state index in [9.17, 15) is 4.79 Å². The number of methoxy groups -OCH3 is 1. The highest BCUT2D eigenvalue weighted by molar-refractivity contribution is 5.67. The lowest BCUT2D eigenvalue weighted by Crippen LogP contribution is -2.41. The zero-order chi connectivity index (χ0) is 16.5. The van der Waals surface area contributed by atoms with E-state index in [1.807, 2.05) is 42.5 Å². The Hall–Kier alpha value is -2.77. The van der Waals surface area contributed by atoms with E-state index >= 15 is 0 Å². The number of allylic oxidation sites excluding steroid dienone is 1. The van der Waals surface area contributed by atoms with Crippen LogP contribution in [-0.4, -0.2) is 19.7 Å². The molecule has 0 bridgehead atoms. The van der Waals surface area contributed by atoms with E-state index in [1.165, 1.54) is 7.11 Å². The van der Waals surface area contributed by atoms with Crippen molar-refractivity contribution in [1.29, 1.82) is 0 Å². The van der Waals surface area contributed by atoms with Gasteiger partial charge in [0.15, 0.2) is 0 Å². The molecule has 0 saturated heterocycles. The minimum absolute atomic E-state index is 0.401. The van der Waals surface area contributed by atoms with Crippen LogP contribution in [0.3, 0.4) is 0 Å². The molecule has 2 aromatic carbocycles. The van der Waals surface area contributed by atoms with Crippen molar-refractivity contribution in [3.8, 4) is 0 Å². The average Bonchev–Trinajstić information content (AvgIpc) is 2.63. The van der Waals surface area contributed by atoms with Crippen molar-refractivity contribution in [3.63, 3.8) is 0 Å². The molecule has 0 atom stereocenters. The number of alkyl carbamates (subject to hydrolysis) is 1. The van der Waals surface area contributed by atoms with Crippen molar-refractivity contribution in [2.75, 3.05) is 13.7 Å². The van der Waals surface area contributed by atoms with E-state index in [-0.39, 0.29) is 0 Å². The van der Waals surface area contributed by atoms with Gasteiger partial charge in [0, 0.05) is 12.0 Å². The van der Waals surface area contributed by atoms with Gasteiger partial charge in [-0.05, 0) is 23.6 Å². The van der Waals surface area contributed by atoms with Gasteiger partial charge in [-0.25, -0.2) is 4.79 Å². The molecule has 0 saturated carbocycles. The Balaban J connectivity index is 2.53. The monoisotopic (exact) mass is 307 g/mol. The Labute approximate surface area is 137 Å². The molecule has 118 valence electrons. The molecule has 0 aliphatic rings. The number of carbonyl (C=O) groups excluding carboxylic acids is 1. The van der Waals surface area contributed by atoms with Crippen LogP contribution in [0.15, 0.2) is 79.0 Å². The minimum atomic E-state index is -0.441. The first-order chi connectivity index (χ1) is 11.2. The van der Waals surface area contributed by atoms with Crippen molar-refractivity contribution in [2.45, 2.75) is 11.8 Å². The number of hydrogen-bond acceptors (Lipinski definition) is 2. The van der Waals surface area contributed by atoms with Crippen LogP contribution in [0.2, 0.25) is 0 Å². The zero-order valence-corrected chi connectivity index (χ0v) is 13.3. The van der Waals surface area contributed by atoms with E-state index in [4.69, 9.17) is 4.74 Å². The highest BCUT2D eigenvalue weighted by atomic mass is 16.5. The summed E-state index contributed by atoms with van der Waals surface area (Å²) in [6.45, 7) is 4.09. The summed E-state index contributed by atoms with van der Waals surface area (Å²) in [6, 6.07) is 20.3. The van der Waals surface area contributed by atoms with E-state index in [2.05, 4.69) is 41.9 Å². The number of benzene rings is 2. The van der Waals surface area contributed by atoms with Crippen LogP contribution in [0.5, 0.6) is 0 Å². The van der Waals surface area contributed by atoms with Gasteiger partial charge >= 0.3 is 6.09 Å². The number of hydrogen-bond donors (Lipinski definition) is 1. The lowest BCUT2D eigenvalue weighted by molar-refractivity contribution is 0.169. The summed E-state index contributed by atoms with van der Waals surface area (Å²) < 4.78 is 4.73. The van der Waals surface area contributed by atoms with Crippen LogP contribution < -0.4 is 5.32 Å². The van der Waals surface area contributed by atoms with Crippen molar-refractivity contribution < 1.29 is 9.53 Å². The van der Waals surface area contributed by atoms with Crippen LogP contribution in [0.25, 0.3) is 0 Å². The molecule has 0 aliphatic carbocycles. The molecule has 0 heterocycles. The standard InChI is InChI=1S/C20H21NO2/c1-3-4-15-20(16-21-19(22)23-2,17-11-7-5-8-12-17)18-13-9-6-10-14-18/h4-14H,1,15-16H2,2H3,(H,21,22). The molecule has 1 amide bonds. The fraction of sp³-hybridized carbons (Fsp3) is 0.200. The first-order valence-electron chi connectivity index (χ1n) is 7.50. The third kappa shape index (κ3) is 3.91. The van der Waals surface area contributed by atoms with Gasteiger partial charge in [0.1, 0.15) is 0 Å². The Morgan fingerprint density at radius 3 is 2.09 bits per heavy atom. The van der Waals surface area contributed by atoms with Crippen molar-refractivity contribution >= 4 is 6.09 Å². The van der Waals surface area contributed by atoms with E-state index < -0.39 is 11.5 Å². The summed E-state index contributed by atoms with van der Waals surface area (Å²) in [5.74, 6) is 0. The number of ether oxygens (including phenoxy) is 1. The fourth-order valence-corrected chi connectivity index (χ4v) is 2.73. The largest absolute Gasteiger partial charge is 0.453 e. The molecule has 1 N–H and O–H groups in total. The molecular formula is C20H21NO2. The van der Waals surface area contributed by atoms with Crippen LogP contribution in [0.4, 0.5) is 4.79 Å². The number of amides is 1. The molecule has 23 heavy (non-hydrogen) atoms. The van der Waals surface area contributed by atoms with Crippen molar-refractivity contribution in [2.24, 2.45) is 0 Å². The minimum Gasteiger partial charge on any atom is -0.453 e. The van der Waals surface area contributed by atoms with Gasteiger partial charge < -0.3 is 10.1 Å². The lowest BCUT2D eigenvalue weighted by atomic mass is 9.72. The van der Waals surface area contributed by atoms with E-state index in [0.717, 1.165) is 11.1 Å². The second-order valence-corrected chi connectivity index (χ2v) is 5.27. The number of rotatable bonds is 6. The van der Waals surface area contributed by atoms with Crippen LogP contribution in [0, 0.1) is 0 Å². The maximum Gasteiger partial charge on any atom is 0.406 e. The van der Waals surface area contributed by atoms with Crippen molar-refractivity contribution in [3.05, 3.63) is 90.2 Å². The second kappa shape index (κ2) is 8.02. The van der Waals surface area contributed by atoms with Gasteiger partial charge in [0.25, 0.3) is 0 Å². The molecule has 0 aromatic heterocycles. The Kier molecular flexibility index (Phi) is 5.79. The maximum atomic E-state index is 11.6. The Morgan fingerprint density at radius 1 is 1.13 bits per heavy atom. The lowest BCUT2D eigenvalue weighted by Gasteiger charge is -2.34. The number of carbonyl (C=O) groups is 1. The van der Waals surface area contributed by atoms with Crippen LogP contribution >= 0.6 is 0 Å². The predicted molar refractivity (Wildman–Crippen MR) is 92.4 cm³/mol. The molecule has 0 unspecified atom stereocenters. The zero-order valence-electron chi connectivity index (χ0n) is 13.3. The molecule has 2 rings (SSSR count). The van der Waals surface area contributed by atoms with Crippen LogP contribution in [0.1, 0.15) is 17.5 Å². The third-order valence-electron chi connectivity index (χ3n) is 3.97. The predicted octanol–water partition coefficient (Wildman–Crippen LogP) is 4.06. The molecule has 2 aromatic rings. The van der Waals surface area contributed by atoms with Gasteiger partial charge in [-0.1, -0.05) is 67.2 Å². The van der Waals surface area contributed by atoms with Crippen LogP contribution in [-0.2, 0) is 10.2 Å². The Morgan fingerprint density at radius 2 is 1.65 bits per heavy atom. The fourth-order valence-electron chi connectivity index (χ4n) is 2.73. The average molecular weight is 307 g/mol. The summed E-state index contributed by atoms with van der Waals surface area (Å²) in [6.07, 6.45) is 2.14.